The Morgan fingerprint density at radius 3 is 2.50 bits per heavy atom. The Balaban J connectivity index is 2.83. The third kappa shape index (κ3) is 3.65. The average Bonchev–Trinajstić information content (AvgIpc) is 2.25. The molecule has 0 bridgehead atoms. The number of halogens is 3. The van der Waals surface area contributed by atoms with E-state index in [0.717, 1.165) is 7.11 Å². The van der Waals surface area contributed by atoms with Gasteiger partial charge in [0.1, 0.15) is 5.56 Å². The van der Waals surface area contributed by atoms with Gasteiger partial charge in [-0.3, -0.25) is 0 Å². The molecule has 88 valence electrons. The number of methoxy groups -OCH3 is 1. The number of ether oxygens (including phenoxy) is 1. The van der Waals surface area contributed by atoms with Gasteiger partial charge in [0, 0.05) is 0 Å². The van der Waals surface area contributed by atoms with Gasteiger partial charge in [-0.15, -0.1) is 0 Å². The van der Waals surface area contributed by atoms with Gasteiger partial charge >= 0.3 is 11.5 Å². The largest absolute Gasteiger partial charge is 0.479 e. The molecule has 0 saturated heterocycles. The van der Waals surface area contributed by atoms with E-state index >= 15 is 0 Å². The summed E-state index contributed by atoms with van der Waals surface area (Å²) in [6.45, 7) is 0. The van der Waals surface area contributed by atoms with Crippen molar-refractivity contribution in [2.24, 2.45) is 0 Å². The molecule has 7 heteroatoms. The molecule has 0 atom stereocenters. The van der Waals surface area contributed by atoms with E-state index in [0.29, 0.717) is 0 Å². The molecule has 0 aromatic heterocycles. The fraction of sp³-hybridized carbons (Fsp3) is 0.222. The second kappa shape index (κ2) is 5.11. The van der Waals surface area contributed by atoms with Crippen LogP contribution in [0, 0.1) is 0 Å². The minimum absolute atomic E-state index is 0.0539. The van der Waals surface area contributed by atoms with Crippen LogP contribution < -0.4 is 4.18 Å². The van der Waals surface area contributed by atoms with Crippen molar-refractivity contribution in [3.8, 4) is 5.75 Å². The molecule has 0 spiro atoms. The van der Waals surface area contributed by atoms with Crippen LogP contribution in [0.2, 0.25) is 0 Å². The first kappa shape index (κ1) is 12.7. The number of hydrogen-bond donors (Lipinski definition) is 0. The van der Waals surface area contributed by atoms with Gasteiger partial charge < -0.3 is 8.92 Å². The molecule has 0 heterocycles. The summed E-state index contributed by atoms with van der Waals surface area (Å²) in [5.41, 5.74) is -4.58. The third-order valence-corrected chi connectivity index (χ3v) is 1.97. The molecule has 0 unspecified atom stereocenters. The van der Waals surface area contributed by atoms with Crippen LogP contribution in [0.25, 0.3) is 0 Å². The highest BCUT2D eigenvalue weighted by Crippen LogP contribution is 2.33. The van der Waals surface area contributed by atoms with Crippen molar-refractivity contribution in [1.29, 1.82) is 0 Å². The maximum Gasteiger partial charge on any atom is 0.479 e. The molecule has 0 fully saturated rings. The smallest absolute Gasteiger partial charge is 0.465 e. The molecule has 0 aliphatic carbocycles. The quantitative estimate of drug-likeness (QED) is 0.612. The zero-order chi connectivity index (χ0) is 12.2. The molecule has 0 saturated carbocycles. The average molecular weight is 252 g/mol. The van der Waals surface area contributed by atoms with Crippen molar-refractivity contribution in [3.05, 3.63) is 29.8 Å². The van der Waals surface area contributed by atoms with Crippen LogP contribution in [-0.2, 0) is 4.74 Å². The maximum atomic E-state index is 11.9. The Labute approximate surface area is 93.7 Å². The lowest BCUT2D eigenvalue weighted by Crippen LogP contribution is -2.06. The van der Waals surface area contributed by atoms with Gasteiger partial charge in [-0.1, -0.05) is 12.1 Å². The van der Waals surface area contributed by atoms with Gasteiger partial charge in [-0.2, -0.15) is 13.2 Å². The maximum absolute atomic E-state index is 11.9. The topological polar surface area (TPSA) is 35.5 Å². The van der Waals surface area contributed by atoms with E-state index in [-0.39, 0.29) is 11.3 Å². The highest BCUT2D eigenvalue weighted by molar-refractivity contribution is 7.95. The Hall–Kier alpha value is -1.37. The second-order valence-electron chi connectivity index (χ2n) is 2.60. The van der Waals surface area contributed by atoms with Gasteiger partial charge in [0.25, 0.3) is 0 Å². The highest BCUT2D eigenvalue weighted by Gasteiger charge is 2.32. The second-order valence-corrected chi connectivity index (χ2v) is 3.40. The summed E-state index contributed by atoms with van der Waals surface area (Å²) in [7, 11) is 1.13. The van der Waals surface area contributed by atoms with Crippen LogP contribution in [0.1, 0.15) is 10.4 Å². The molecule has 1 aromatic rings. The number of alkyl halides is 3. The summed E-state index contributed by atoms with van der Waals surface area (Å²) in [6, 6.07) is 5.53. The number of carbonyl (C=O) groups excluding carboxylic acids is 1. The molecule has 0 aliphatic heterocycles. The molecule has 0 aliphatic rings. The molecule has 3 nitrogen and oxygen atoms in total. The first-order valence-electron chi connectivity index (χ1n) is 4.04. The molecule has 0 N–H and O–H groups in total. The molecule has 0 radical (unpaired) electrons. The van der Waals surface area contributed by atoms with E-state index in [2.05, 4.69) is 8.92 Å². The molecule has 1 rings (SSSR count). The standard InChI is InChI=1S/C9H7F3O3S/c1-14-8(13)6-4-2-3-5-7(6)15-16-9(10,11)12/h2-5H,1H3. The first-order valence-corrected chi connectivity index (χ1v) is 4.78. The monoisotopic (exact) mass is 252 g/mol. The summed E-state index contributed by atoms with van der Waals surface area (Å²) in [5.74, 6) is -0.935. The number of hydrogen-bond acceptors (Lipinski definition) is 4. The Morgan fingerprint density at radius 2 is 1.94 bits per heavy atom. The molecular formula is C9H7F3O3S. The number of esters is 1. The Morgan fingerprint density at radius 1 is 1.31 bits per heavy atom. The van der Waals surface area contributed by atoms with Crippen LogP contribution in [-0.4, -0.2) is 18.6 Å². The summed E-state index contributed by atoms with van der Waals surface area (Å²) in [6.07, 6.45) is 0. The zero-order valence-electron chi connectivity index (χ0n) is 8.08. The van der Waals surface area contributed by atoms with E-state index in [1.54, 1.807) is 0 Å². The highest BCUT2D eigenvalue weighted by atomic mass is 32.2. The van der Waals surface area contributed by atoms with Gasteiger partial charge in [0.15, 0.2) is 17.8 Å². The van der Waals surface area contributed by atoms with Crippen LogP contribution in [0.15, 0.2) is 24.3 Å². The number of rotatable bonds is 3. The summed E-state index contributed by atoms with van der Waals surface area (Å²) in [5, 5.41) is 0. The molecule has 16 heavy (non-hydrogen) atoms. The summed E-state index contributed by atoms with van der Waals surface area (Å²) in [4.78, 5) is 11.2. The van der Waals surface area contributed by atoms with Crippen LogP contribution in [0.3, 0.4) is 0 Å². The van der Waals surface area contributed by atoms with Crippen LogP contribution >= 0.6 is 12.0 Å². The van der Waals surface area contributed by atoms with E-state index < -0.39 is 23.5 Å². The van der Waals surface area contributed by atoms with E-state index in [9.17, 15) is 18.0 Å². The fourth-order valence-electron chi connectivity index (χ4n) is 0.910. The van der Waals surface area contributed by atoms with Gasteiger partial charge in [0.05, 0.1) is 7.11 Å². The van der Waals surface area contributed by atoms with Gasteiger partial charge in [-0.25, -0.2) is 4.79 Å². The number of para-hydroxylation sites is 1. The third-order valence-electron chi connectivity index (χ3n) is 1.52. The Kier molecular flexibility index (Phi) is 4.05. The van der Waals surface area contributed by atoms with Crippen molar-refractivity contribution in [2.75, 3.05) is 7.11 Å². The van der Waals surface area contributed by atoms with Crippen molar-refractivity contribution in [1.82, 2.24) is 0 Å². The van der Waals surface area contributed by atoms with Crippen LogP contribution in [0.5, 0.6) is 5.75 Å². The van der Waals surface area contributed by atoms with E-state index in [1.807, 2.05) is 0 Å². The lowest BCUT2D eigenvalue weighted by Gasteiger charge is -2.09. The first-order chi connectivity index (χ1) is 7.44. The minimum atomic E-state index is -4.52. The summed E-state index contributed by atoms with van der Waals surface area (Å²) < 4.78 is 44.4. The van der Waals surface area contributed by atoms with Crippen molar-refractivity contribution >= 4 is 18.0 Å². The van der Waals surface area contributed by atoms with E-state index in [1.165, 1.54) is 24.3 Å². The zero-order valence-corrected chi connectivity index (χ0v) is 8.89. The van der Waals surface area contributed by atoms with Crippen molar-refractivity contribution in [2.45, 2.75) is 5.51 Å². The Bertz CT molecular complexity index is 379. The van der Waals surface area contributed by atoms with Crippen LogP contribution in [0.4, 0.5) is 13.2 Å². The van der Waals surface area contributed by atoms with E-state index in [4.69, 9.17) is 0 Å². The lowest BCUT2D eigenvalue weighted by molar-refractivity contribution is -0.0370. The lowest BCUT2D eigenvalue weighted by atomic mass is 10.2. The van der Waals surface area contributed by atoms with Crippen molar-refractivity contribution in [3.63, 3.8) is 0 Å². The number of carbonyl (C=O) groups is 1. The van der Waals surface area contributed by atoms with Gasteiger partial charge in [-0.05, 0) is 12.1 Å². The summed E-state index contributed by atoms with van der Waals surface area (Å²) >= 11 is -0.679. The predicted octanol–water partition coefficient (Wildman–Crippen LogP) is 3.02. The number of benzene rings is 1. The van der Waals surface area contributed by atoms with Gasteiger partial charge in [0.2, 0.25) is 0 Å². The predicted molar refractivity (Wildman–Crippen MR) is 52.1 cm³/mol. The van der Waals surface area contributed by atoms with Crippen molar-refractivity contribution < 1.29 is 26.9 Å². The minimum Gasteiger partial charge on any atom is -0.465 e. The molecular weight excluding hydrogens is 245 g/mol. The SMILES string of the molecule is COC(=O)c1ccccc1OSC(F)(F)F. The molecule has 1 aromatic carbocycles. The molecule has 0 amide bonds. The normalized spacial score (nSPS) is 11.0. The fourth-order valence-corrected chi connectivity index (χ4v) is 1.24.